The van der Waals surface area contributed by atoms with E-state index in [4.69, 9.17) is 11.6 Å². The smallest absolute Gasteiger partial charge is 0.335 e. The molecule has 9 heteroatoms. The predicted octanol–water partition coefficient (Wildman–Crippen LogP) is 5.63. The fraction of sp³-hybridized carbons (Fsp3) is 0.182. The molecule has 0 atom stereocenters. The van der Waals surface area contributed by atoms with E-state index in [0.29, 0.717) is 21.0 Å². The normalized spacial score (nSPS) is 13.6. The molecule has 0 spiro atoms. The molecular formula is C22H17ClN2O4S2. The van der Waals surface area contributed by atoms with Gasteiger partial charge < -0.3 is 5.11 Å². The number of rotatable bonds is 6. The van der Waals surface area contributed by atoms with Gasteiger partial charge >= 0.3 is 5.97 Å². The number of aromatic carboxylic acids is 1. The Balaban J connectivity index is 1.86. The molecule has 2 aromatic carbocycles. The summed E-state index contributed by atoms with van der Waals surface area (Å²) >= 11 is 7.38. The number of halogens is 1. The van der Waals surface area contributed by atoms with Crippen LogP contribution in [0.2, 0.25) is 4.34 Å². The second-order valence-electron chi connectivity index (χ2n) is 7.37. The van der Waals surface area contributed by atoms with Crippen molar-refractivity contribution in [2.24, 2.45) is 0 Å². The summed E-state index contributed by atoms with van der Waals surface area (Å²) in [4.78, 5) is 12.1. The standard InChI is InChI=1S/C22H17ClN2O4S2/c1-12-8-13(11-24)9-17(21(12)18-6-7-20(23)30-18)25-31(28,29)19-10-15(22(26)27)4-5-16(19)14-2-3-14/h4-10,14,25H,2-3H2,1H3,(H,26,27). The number of carbonyl (C=O) groups is 1. The minimum atomic E-state index is -4.12. The van der Waals surface area contributed by atoms with Gasteiger partial charge in [0.05, 0.1) is 32.1 Å². The Kier molecular flexibility index (Phi) is 5.52. The number of hydrogen-bond donors (Lipinski definition) is 2. The van der Waals surface area contributed by atoms with Crippen molar-refractivity contribution in [2.45, 2.75) is 30.6 Å². The molecule has 3 aromatic rings. The van der Waals surface area contributed by atoms with Crippen molar-refractivity contribution in [1.29, 1.82) is 5.26 Å². The zero-order valence-electron chi connectivity index (χ0n) is 16.3. The van der Waals surface area contributed by atoms with Crippen molar-refractivity contribution in [3.05, 3.63) is 69.1 Å². The van der Waals surface area contributed by atoms with E-state index >= 15 is 0 Å². The number of nitriles is 1. The number of thiophene rings is 1. The molecule has 1 aliphatic carbocycles. The second-order valence-corrected chi connectivity index (χ2v) is 10.7. The second kappa shape index (κ2) is 8.00. The van der Waals surface area contributed by atoms with Crippen LogP contribution in [0.4, 0.5) is 5.69 Å². The molecule has 2 N–H and O–H groups in total. The molecule has 158 valence electrons. The van der Waals surface area contributed by atoms with E-state index < -0.39 is 16.0 Å². The lowest BCUT2D eigenvalue weighted by molar-refractivity contribution is 0.0696. The molecule has 1 heterocycles. The van der Waals surface area contributed by atoms with Crippen LogP contribution >= 0.6 is 22.9 Å². The fourth-order valence-electron chi connectivity index (χ4n) is 3.54. The fourth-order valence-corrected chi connectivity index (χ4v) is 6.09. The predicted molar refractivity (Wildman–Crippen MR) is 120 cm³/mol. The first kappa shape index (κ1) is 21.4. The first-order chi connectivity index (χ1) is 14.7. The van der Waals surface area contributed by atoms with E-state index in [9.17, 15) is 23.6 Å². The van der Waals surface area contributed by atoms with Crippen molar-refractivity contribution >= 4 is 44.6 Å². The number of carboxylic acids is 1. The Morgan fingerprint density at radius 3 is 2.55 bits per heavy atom. The monoisotopic (exact) mass is 472 g/mol. The van der Waals surface area contributed by atoms with Crippen LogP contribution in [0.15, 0.2) is 47.4 Å². The molecular weight excluding hydrogens is 456 g/mol. The summed E-state index contributed by atoms with van der Waals surface area (Å²) in [5.74, 6) is -1.10. The van der Waals surface area contributed by atoms with Gasteiger partial charge in [-0.15, -0.1) is 11.3 Å². The summed E-state index contributed by atoms with van der Waals surface area (Å²) in [6.45, 7) is 1.79. The summed E-state index contributed by atoms with van der Waals surface area (Å²) in [7, 11) is -4.12. The molecule has 0 radical (unpaired) electrons. The third-order valence-corrected chi connectivity index (χ3v) is 7.77. The highest BCUT2D eigenvalue weighted by atomic mass is 35.5. The molecule has 1 saturated carbocycles. The van der Waals surface area contributed by atoms with Gasteiger partial charge in [-0.3, -0.25) is 4.72 Å². The third kappa shape index (κ3) is 4.30. The highest BCUT2D eigenvalue weighted by Crippen LogP contribution is 2.44. The Morgan fingerprint density at radius 1 is 1.23 bits per heavy atom. The minimum absolute atomic E-state index is 0.0509. The Morgan fingerprint density at radius 2 is 1.97 bits per heavy atom. The maximum atomic E-state index is 13.4. The van der Waals surface area contributed by atoms with Crippen LogP contribution in [0.3, 0.4) is 0 Å². The molecule has 0 unspecified atom stereocenters. The van der Waals surface area contributed by atoms with Crippen molar-refractivity contribution in [3.63, 3.8) is 0 Å². The van der Waals surface area contributed by atoms with Gasteiger partial charge in [0.25, 0.3) is 10.0 Å². The average Bonchev–Trinajstić information content (AvgIpc) is 3.48. The van der Waals surface area contributed by atoms with Gasteiger partial charge in [0.1, 0.15) is 0 Å². The molecule has 1 fully saturated rings. The maximum absolute atomic E-state index is 13.4. The van der Waals surface area contributed by atoms with Crippen LogP contribution in [0.5, 0.6) is 0 Å². The Hall–Kier alpha value is -2.86. The van der Waals surface area contributed by atoms with Gasteiger partial charge in [0.2, 0.25) is 0 Å². The summed E-state index contributed by atoms with van der Waals surface area (Å²) < 4.78 is 30.0. The van der Waals surface area contributed by atoms with Crippen LogP contribution in [0, 0.1) is 18.3 Å². The zero-order valence-corrected chi connectivity index (χ0v) is 18.7. The van der Waals surface area contributed by atoms with Crippen LogP contribution in [-0.2, 0) is 10.0 Å². The number of aryl methyl sites for hydroxylation is 1. The minimum Gasteiger partial charge on any atom is -0.478 e. The number of carboxylic acid groups (broad SMARTS) is 1. The first-order valence-corrected chi connectivity index (χ1v) is 12.1. The molecule has 0 saturated heterocycles. The van der Waals surface area contributed by atoms with Crippen molar-refractivity contribution in [1.82, 2.24) is 0 Å². The van der Waals surface area contributed by atoms with Gasteiger partial charge in [-0.1, -0.05) is 17.7 Å². The molecule has 31 heavy (non-hydrogen) atoms. The van der Waals surface area contributed by atoms with E-state index in [0.717, 1.165) is 23.3 Å². The number of anilines is 1. The number of sulfonamides is 1. The van der Waals surface area contributed by atoms with Crippen LogP contribution in [0.25, 0.3) is 10.4 Å². The summed E-state index contributed by atoms with van der Waals surface area (Å²) in [6.07, 6.45) is 1.72. The molecule has 4 rings (SSSR count). The highest BCUT2D eigenvalue weighted by Gasteiger charge is 2.32. The summed E-state index contributed by atoms with van der Waals surface area (Å²) in [5.41, 5.74) is 2.41. The van der Waals surface area contributed by atoms with E-state index in [2.05, 4.69) is 4.72 Å². The number of nitrogens with one attached hydrogen (secondary N) is 1. The third-order valence-electron chi connectivity index (χ3n) is 5.10. The van der Waals surface area contributed by atoms with E-state index in [1.165, 1.54) is 29.5 Å². The largest absolute Gasteiger partial charge is 0.478 e. The van der Waals surface area contributed by atoms with Crippen LogP contribution < -0.4 is 4.72 Å². The number of benzene rings is 2. The zero-order chi connectivity index (χ0) is 22.3. The molecule has 0 bridgehead atoms. The Labute approximate surface area is 188 Å². The Bertz CT molecular complexity index is 1350. The molecule has 1 aliphatic rings. The summed E-state index contributed by atoms with van der Waals surface area (Å²) in [6, 6.07) is 12.9. The van der Waals surface area contributed by atoms with Crippen LogP contribution in [0.1, 0.15) is 45.8 Å². The van der Waals surface area contributed by atoms with Gasteiger partial charge in [-0.25, -0.2) is 13.2 Å². The number of hydrogen-bond acceptors (Lipinski definition) is 5. The average molecular weight is 473 g/mol. The lowest BCUT2D eigenvalue weighted by atomic mass is 10.0. The van der Waals surface area contributed by atoms with Crippen LogP contribution in [-0.4, -0.2) is 19.5 Å². The molecule has 1 aromatic heterocycles. The lowest BCUT2D eigenvalue weighted by Gasteiger charge is -2.17. The van der Waals surface area contributed by atoms with Gasteiger partial charge in [-0.05, 0) is 73.2 Å². The van der Waals surface area contributed by atoms with Gasteiger partial charge in [0.15, 0.2) is 0 Å². The summed E-state index contributed by atoms with van der Waals surface area (Å²) in [5, 5.41) is 18.7. The van der Waals surface area contributed by atoms with Crippen molar-refractivity contribution in [2.75, 3.05) is 4.72 Å². The molecule has 0 amide bonds. The van der Waals surface area contributed by atoms with Gasteiger partial charge in [-0.2, -0.15) is 5.26 Å². The maximum Gasteiger partial charge on any atom is 0.335 e. The van der Waals surface area contributed by atoms with Crippen molar-refractivity contribution < 1.29 is 18.3 Å². The van der Waals surface area contributed by atoms with Crippen molar-refractivity contribution in [3.8, 4) is 16.5 Å². The lowest BCUT2D eigenvalue weighted by Crippen LogP contribution is -2.17. The van der Waals surface area contributed by atoms with E-state index in [1.807, 2.05) is 6.07 Å². The SMILES string of the molecule is Cc1cc(C#N)cc(NS(=O)(=O)c2cc(C(=O)O)ccc2C2CC2)c1-c1ccc(Cl)s1. The first-order valence-electron chi connectivity index (χ1n) is 9.40. The topological polar surface area (TPSA) is 107 Å². The number of nitrogens with zero attached hydrogens (tertiary/aromatic N) is 1. The van der Waals surface area contributed by atoms with E-state index in [-0.39, 0.29) is 22.1 Å². The molecule has 0 aliphatic heterocycles. The van der Waals surface area contributed by atoms with Gasteiger partial charge in [0, 0.05) is 10.4 Å². The quantitative estimate of drug-likeness (QED) is 0.483. The van der Waals surface area contributed by atoms with E-state index in [1.54, 1.807) is 31.2 Å². The highest BCUT2D eigenvalue weighted by molar-refractivity contribution is 7.92. The molecule has 6 nitrogen and oxygen atoms in total.